The van der Waals surface area contributed by atoms with Gasteiger partial charge in [0.2, 0.25) is 5.91 Å². The molecule has 2 rings (SSSR count). The lowest BCUT2D eigenvalue weighted by Gasteiger charge is -2.44. The van der Waals surface area contributed by atoms with Crippen LogP contribution in [0.5, 0.6) is 0 Å². The molecule has 0 aromatic rings. The van der Waals surface area contributed by atoms with Crippen molar-refractivity contribution in [2.75, 3.05) is 26.8 Å². The first-order valence-corrected chi connectivity index (χ1v) is 11.4. The molecule has 8 heteroatoms. The standard InChI is InChI=1S/C23H40N2O6/c1-6-19(27)24-12-7-13-25-22(28)31-18-10-11-23(14-30-23)20(21(18)29-5)16(4)17(26)9-8-15(2)3/h8,16-18,20-21,26H,6-7,9-14H2,1-5H3,(H,24,27)(H,25,28)/t16-,17-,18?,20?,21?,23+/m1/s1. The molecule has 1 saturated carbocycles. The quantitative estimate of drug-likeness (QED) is 0.259. The molecule has 178 valence electrons. The SMILES string of the molecule is CCC(=O)NCCCNC(=O)OC1CC[C@]2(CO2)C([C@H](C)[C@H](O)CC=C(C)C)C1OC. The van der Waals surface area contributed by atoms with Crippen LogP contribution in [0.25, 0.3) is 0 Å². The monoisotopic (exact) mass is 440 g/mol. The number of hydrogen-bond acceptors (Lipinski definition) is 6. The predicted octanol–water partition coefficient (Wildman–Crippen LogP) is 2.54. The number of rotatable bonds is 11. The molecule has 8 nitrogen and oxygen atoms in total. The summed E-state index contributed by atoms with van der Waals surface area (Å²) < 4.78 is 17.4. The number of hydrogen-bond donors (Lipinski definition) is 3. The van der Waals surface area contributed by atoms with Gasteiger partial charge in [-0.1, -0.05) is 25.5 Å². The summed E-state index contributed by atoms with van der Waals surface area (Å²) in [6, 6.07) is 0. The van der Waals surface area contributed by atoms with E-state index in [1.807, 2.05) is 26.8 Å². The van der Waals surface area contributed by atoms with Gasteiger partial charge in [0, 0.05) is 32.5 Å². The molecule has 0 bridgehead atoms. The van der Waals surface area contributed by atoms with E-state index in [4.69, 9.17) is 14.2 Å². The number of methoxy groups -OCH3 is 1. The number of epoxide rings is 1. The van der Waals surface area contributed by atoms with E-state index in [0.29, 0.717) is 45.4 Å². The van der Waals surface area contributed by atoms with Gasteiger partial charge in [-0.2, -0.15) is 0 Å². The molecule has 2 aliphatic rings. The summed E-state index contributed by atoms with van der Waals surface area (Å²) >= 11 is 0. The molecule has 6 atom stereocenters. The van der Waals surface area contributed by atoms with E-state index in [-0.39, 0.29) is 29.4 Å². The zero-order valence-corrected chi connectivity index (χ0v) is 19.6. The van der Waals surface area contributed by atoms with E-state index in [2.05, 4.69) is 10.6 Å². The van der Waals surface area contributed by atoms with Crippen LogP contribution in [0.3, 0.4) is 0 Å². The minimum Gasteiger partial charge on any atom is -0.443 e. The molecule has 2 fully saturated rings. The van der Waals surface area contributed by atoms with Crippen LogP contribution >= 0.6 is 0 Å². The number of alkyl carbamates (subject to hydrolysis) is 1. The molecule has 3 N–H and O–H groups in total. The van der Waals surface area contributed by atoms with Gasteiger partial charge in [-0.15, -0.1) is 0 Å². The summed E-state index contributed by atoms with van der Waals surface area (Å²) in [5, 5.41) is 16.3. The predicted molar refractivity (Wildman–Crippen MR) is 118 cm³/mol. The fraction of sp³-hybridized carbons (Fsp3) is 0.826. The molecule has 0 radical (unpaired) electrons. The average molecular weight is 441 g/mol. The van der Waals surface area contributed by atoms with Crippen LogP contribution in [0.2, 0.25) is 0 Å². The summed E-state index contributed by atoms with van der Waals surface area (Å²) in [7, 11) is 1.62. The topological polar surface area (TPSA) is 109 Å². The Bertz CT molecular complexity index is 630. The van der Waals surface area contributed by atoms with Gasteiger partial charge in [-0.3, -0.25) is 4.79 Å². The smallest absolute Gasteiger partial charge is 0.407 e. The van der Waals surface area contributed by atoms with Crippen LogP contribution in [-0.2, 0) is 19.0 Å². The van der Waals surface area contributed by atoms with Gasteiger partial charge >= 0.3 is 6.09 Å². The Morgan fingerprint density at radius 2 is 1.97 bits per heavy atom. The van der Waals surface area contributed by atoms with E-state index in [0.717, 1.165) is 6.42 Å². The molecule has 1 aliphatic carbocycles. The first kappa shape index (κ1) is 25.6. The van der Waals surface area contributed by atoms with Crippen molar-refractivity contribution in [1.29, 1.82) is 0 Å². The molecule has 0 aromatic carbocycles. The van der Waals surface area contributed by atoms with E-state index < -0.39 is 18.3 Å². The van der Waals surface area contributed by atoms with Crippen LogP contribution in [0.4, 0.5) is 4.79 Å². The normalized spacial score (nSPS) is 29.0. The third-order valence-corrected chi connectivity index (χ3v) is 6.43. The maximum atomic E-state index is 12.3. The number of carbonyl (C=O) groups excluding carboxylic acids is 2. The lowest BCUT2D eigenvalue weighted by atomic mass is 9.68. The fourth-order valence-electron chi connectivity index (χ4n) is 4.50. The highest BCUT2D eigenvalue weighted by atomic mass is 16.6. The maximum Gasteiger partial charge on any atom is 0.407 e. The van der Waals surface area contributed by atoms with Gasteiger partial charge < -0.3 is 30.0 Å². The Morgan fingerprint density at radius 1 is 1.29 bits per heavy atom. The number of nitrogens with one attached hydrogen (secondary N) is 2. The lowest BCUT2D eigenvalue weighted by molar-refractivity contribution is -0.126. The van der Waals surface area contributed by atoms with Crippen molar-refractivity contribution < 1.29 is 28.9 Å². The first-order chi connectivity index (χ1) is 14.7. The van der Waals surface area contributed by atoms with Crippen molar-refractivity contribution in [2.24, 2.45) is 11.8 Å². The van der Waals surface area contributed by atoms with Crippen molar-refractivity contribution in [3.05, 3.63) is 11.6 Å². The highest BCUT2D eigenvalue weighted by Gasteiger charge is 2.61. The van der Waals surface area contributed by atoms with Gasteiger partial charge in [0.15, 0.2) is 0 Å². The number of carbonyl (C=O) groups is 2. The van der Waals surface area contributed by atoms with Gasteiger partial charge in [0.25, 0.3) is 0 Å². The van der Waals surface area contributed by atoms with Crippen molar-refractivity contribution in [1.82, 2.24) is 10.6 Å². The molecule has 1 spiro atoms. The molecular weight excluding hydrogens is 400 g/mol. The van der Waals surface area contributed by atoms with Crippen LogP contribution in [0.15, 0.2) is 11.6 Å². The third-order valence-electron chi connectivity index (χ3n) is 6.43. The number of amides is 2. The molecule has 1 heterocycles. The minimum absolute atomic E-state index is 0.00382. The second-order valence-corrected chi connectivity index (χ2v) is 8.99. The van der Waals surface area contributed by atoms with Crippen molar-refractivity contribution in [2.45, 2.75) is 83.7 Å². The highest BCUT2D eigenvalue weighted by Crippen LogP contribution is 2.51. The molecule has 0 aromatic heterocycles. The lowest BCUT2D eigenvalue weighted by Crippen LogP contribution is -2.54. The van der Waals surface area contributed by atoms with Crippen LogP contribution in [0.1, 0.15) is 59.8 Å². The molecule has 1 aliphatic heterocycles. The second kappa shape index (κ2) is 11.8. The Balaban J connectivity index is 1.92. The van der Waals surface area contributed by atoms with Crippen molar-refractivity contribution >= 4 is 12.0 Å². The van der Waals surface area contributed by atoms with Crippen LogP contribution in [-0.4, -0.2) is 67.8 Å². The summed E-state index contributed by atoms with van der Waals surface area (Å²) in [5.41, 5.74) is 0.877. The summed E-state index contributed by atoms with van der Waals surface area (Å²) in [6.07, 6.45) is 3.37. The van der Waals surface area contributed by atoms with Gasteiger partial charge in [-0.05, 0) is 45.4 Å². The Hall–Kier alpha value is -1.64. The maximum absolute atomic E-state index is 12.3. The van der Waals surface area contributed by atoms with Gasteiger partial charge in [-0.25, -0.2) is 4.79 Å². The number of aliphatic hydroxyl groups is 1. The minimum atomic E-state index is -0.524. The molecular formula is C23H40N2O6. The van der Waals surface area contributed by atoms with E-state index in [1.165, 1.54) is 5.57 Å². The van der Waals surface area contributed by atoms with E-state index in [9.17, 15) is 14.7 Å². The Kier molecular flexibility index (Phi) is 9.78. The van der Waals surface area contributed by atoms with Crippen LogP contribution < -0.4 is 10.6 Å². The Morgan fingerprint density at radius 3 is 2.55 bits per heavy atom. The molecule has 1 saturated heterocycles. The fourth-order valence-corrected chi connectivity index (χ4v) is 4.50. The zero-order chi connectivity index (χ0) is 23.0. The zero-order valence-electron chi connectivity index (χ0n) is 19.6. The van der Waals surface area contributed by atoms with Gasteiger partial charge in [0.05, 0.1) is 18.3 Å². The second-order valence-electron chi connectivity index (χ2n) is 8.99. The third kappa shape index (κ3) is 7.19. The average Bonchev–Trinajstić information content (AvgIpc) is 3.51. The summed E-state index contributed by atoms with van der Waals surface area (Å²) in [4.78, 5) is 23.6. The van der Waals surface area contributed by atoms with Crippen molar-refractivity contribution in [3.8, 4) is 0 Å². The molecule has 3 unspecified atom stereocenters. The molecule has 2 amide bonds. The van der Waals surface area contributed by atoms with Crippen molar-refractivity contribution in [3.63, 3.8) is 0 Å². The Labute approximate surface area is 186 Å². The van der Waals surface area contributed by atoms with Gasteiger partial charge in [0.1, 0.15) is 12.2 Å². The van der Waals surface area contributed by atoms with E-state index in [1.54, 1.807) is 14.0 Å². The number of aliphatic hydroxyl groups excluding tert-OH is 1. The number of allylic oxidation sites excluding steroid dienone is 1. The summed E-state index contributed by atoms with van der Waals surface area (Å²) in [5.74, 6) is -0.135. The van der Waals surface area contributed by atoms with E-state index >= 15 is 0 Å². The molecule has 31 heavy (non-hydrogen) atoms. The summed E-state index contributed by atoms with van der Waals surface area (Å²) in [6.45, 7) is 9.44. The van der Waals surface area contributed by atoms with Crippen LogP contribution in [0, 0.1) is 11.8 Å². The largest absolute Gasteiger partial charge is 0.443 e. The highest BCUT2D eigenvalue weighted by molar-refractivity contribution is 5.75. The first-order valence-electron chi connectivity index (χ1n) is 11.4. The number of ether oxygens (including phenoxy) is 3.